The Morgan fingerprint density at radius 2 is 1.63 bits per heavy atom. The molecule has 0 aromatic heterocycles. The van der Waals surface area contributed by atoms with Gasteiger partial charge in [0.15, 0.2) is 0 Å². The molecule has 0 unspecified atom stereocenters. The first-order valence-corrected chi connectivity index (χ1v) is 9.01. The highest BCUT2D eigenvalue weighted by atomic mass is 35.5. The summed E-state index contributed by atoms with van der Waals surface area (Å²) in [6.45, 7) is 0. The third-order valence-corrected chi connectivity index (χ3v) is 4.33. The van der Waals surface area contributed by atoms with E-state index in [1.165, 1.54) is 19.2 Å². The Balaban J connectivity index is 0.00000320. The lowest BCUT2D eigenvalue weighted by Crippen LogP contribution is -2.19. The summed E-state index contributed by atoms with van der Waals surface area (Å²) < 4.78 is 5.33. The van der Waals surface area contributed by atoms with Crippen molar-refractivity contribution < 1.29 is 14.3 Å². The van der Waals surface area contributed by atoms with E-state index in [1.54, 1.807) is 48.5 Å². The van der Waals surface area contributed by atoms with Gasteiger partial charge in [-0.2, -0.15) is 0 Å². The van der Waals surface area contributed by atoms with Crippen LogP contribution >= 0.6 is 11.6 Å². The monoisotopic (exact) mass is 420 g/mol. The number of nitrogens with one attached hydrogen (secondary N) is 2. The lowest BCUT2D eigenvalue weighted by atomic mass is 10.1. The maximum atomic E-state index is 12.9. The zero-order valence-electron chi connectivity index (χ0n) is 15.5. The van der Waals surface area contributed by atoms with E-state index in [1.807, 2.05) is 6.07 Å². The Kier molecular flexibility index (Phi) is 7.62. The van der Waals surface area contributed by atoms with Crippen LogP contribution in [0.25, 0.3) is 0 Å². The molecule has 0 aliphatic carbocycles. The second-order valence-corrected chi connectivity index (χ2v) is 6.46. The molecule has 3 aromatic carbocycles. The van der Waals surface area contributed by atoms with Gasteiger partial charge in [-0.15, -0.1) is 6.42 Å². The first-order chi connectivity index (χ1) is 14.0. The fourth-order valence-corrected chi connectivity index (χ4v) is 2.88. The standard InChI is InChI=1S/C23H17ClN2O3.CH4/c1-3-15-9-11-18(12-10-15)25-23(28)19-13-17(24)14-20(29-2)21(19)26-22(27)16-7-5-4-6-8-16;/h1,4-14H,2H3,(H,25,28)(H,26,27);1H4. The molecular weight excluding hydrogens is 400 g/mol. The van der Waals surface area contributed by atoms with Gasteiger partial charge in [0.1, 0.15) is 5.75 Å². The molecule has 3 rings (SSSR count). The normalized spacial score (nSPS) is 9.63. The molecule has 0 saturated heterocycles. The zero-order valence-corrected chi connectivity index (χ0v) is 16.3. The number of amides is 2. The highest BCUT2D eigenvalue weighted by molar-refractivity contribution is 6.31. The number of hydrogen-bond acceptors (Lipinski definition) is 3. The largest absolute Gasteiger partial charge is 0.494 e. The molecule has 0 aliphatic rings. The molecule has 0 saturated carbocycles. The lowest BCUT2D eigenvalue weighted by molar-refractivity contribution is 0.102. The van der Waals surface area contributed by atoms with E-state index in [4.69, 9.17) is 22.8 Å². The van der Waals surface area contributed by atoms with E-state index in [2.05, 4.69) is 16.6 Å². The molecule has 0 radical (unpaired) electrons. The molecule has 0 heterocycles. The number of benzene rings is 3. The van der Waals surface area contributed by atoms with E-state index in [0.29, 0.717) is 21.8 Å². The molecular formula is C24H21ClN2O3. The summed E-state index contributed by atoms with van der Waals surface area (Å²) in [5.41, 5.74) is 2.08. The summed E-state index contributed by atoms with van der Waals surface area (Å²) >= 11 is 6.15. The zero-order chi connectivity index (χ0) is 20.8. The smallest absolute Gasteiger partial charge is 0.257 e. The Bertz CT molecular complexity index is 1090. The van der Waals surface area contributed by atoms with Crippen LogP contribution in [0.15, 0.2) is 66.7 Å². The van der Waals surface area contributed by atoms with Crippen LogP contribution in [0.4, 0.5) is 11.4 Å². The maximum Gasteiger partial charge on any atom is 0.257 e. The molecule has 0 atom stereocenters. The van der Waals surface area contributed by atoms with E-state index in [9.17, 15) is 9.59 Å². The number of rotatable bonds is 5. The fraction of sp³-hybridized carbons (Fsp3) is 0.0833. The number of carbonyl (C=O) groups is 2. The van der Waals surface area contributed by atoms with Crippen LogP contribution in [0.3, 0.4) is 0 Å². The first kappa shape index (κ1) is 22.5. The summed E-state index contributed by atoms with van der Waals surface area (Å²) in [5.74, 6) is 1.95. The van der Waals surface area contributed by atoms with Crippen molar-refractivity contribution in [3.8, 4) is 18.1 Å². The number of anilines is 2. The molecule has 6 heteroatoms. The van der Waals surface area contributed by atoms with Crippen LogP contribution < -0.4 is 15.4 Å². The minimum absolute atomic E-state index is 0. The predicted molar refractivity (Wildman–Crippen MR) is 121 cm³/mol. The molecule has 5 nitrogen and oxygen atoms in total. The van der Waals surface area contributed by atoms with Crippen LogP contribution in [0, 0.1) is 12.3 Å². The minimum Gasteiger partial charge on any atom is -0.494 e. The SMILES string of the molecule is C.C#Cc1ccc(NC(=O)c2cc(Cl)cc(OC)c2NC(=O)c2ccccc2)cc1. The highest BCUT2D eigenvalue weighted by Crippen LogP contribution is 2.33. The van der Waals surface area contributed by atoms with Crippen LogP contribution in [-0.2, 0) is 0 Å². The van der Waals surface area contributed by atoms with Crippen molar-refractivity contribution in [2.75, 3.05) is 17.7 Å². The molecule has 0 aliphatic heterocycles. The quantitative estimate of drug-likeness (QED) is 0.538. The average molecular weight is 421 g/mol. The molecule has 3 aromatic rings. The summed E-state index contributed by atoms with van der Waals surface area (Å²) in [5, 5.41) is 5.82. The van der Waals surface area contributed by atoms with Gasteiger partial charge in [0.05, 0.1) is 18.4 Å². The third kappa shape index (κ3) is 5.19. The van der Waals surface area contributed by atoms with Crippen molar-refractivity contribution in [3.05, 3.63) is 88.4 Å². The van der Waals surface area contributed by atoms with Crippen molar-refractivity contribution in [1.82, 2.24) is 0 Å². The van der Waals surface area contributed by atoms with Crippen molar-refractivity contribution in [2.24, 2.45) is 0 Å². The lowest BCUT2D eigenvalue weighted by Gasteiger charge is -2.16. The molecule has 2 N–H and O–H groups in total. The first-order valence-electron chi connectivity index (χ1n) is 8.64. The van der Waals surface area contributed by atoms with Gasteiger partial charge >= 0.3 is 0 Å². The number of terminal acetylenes is 1. The fourth-order valence-electron chi connectivity index (χ4n) is 2.67. The molecule has 0 fully saturated rings. The minimum atomic E-state index is -0.456. The molecule has 0 bridgehead atoms. The van der Waals surface area contributed by atoms with E-state index < -0.39 is 5.91 Å². The number of hydrogen-bond donors (Lipinski definition) is 2. The second-order valence-electron chi connectivity index (χ2n) is 6.03. The number of methoxy groups -OCH3 is 1. The Hall–Kier alpha value is -3.75. The maximum absolute atomic E-state index is 12.9. The molecule has 0 spiro atoms. The van der Waals surface area contributed by atoms with Gasteiger partial charge in [-0.3, -0.25) is 9.59 Å². The van der Waals surface area contributed by atoms with Gasteiger partial charge in [0.2, 0.25) is 0 Å². The van der Waals surface area contributed by atoms with Crippen LogP contribution in [0.2, 0.25) is 5.02 Å². The Morgan fingerprint density at radius 3 is 2.23 bits per heavy atom. The van der Waals surface area contributed by atoms with Crippen molar-refractivity contribution in [2.45, 2.75) is 7.43 Å². The highest BCUT2D eigenvalue weighted by Gasteiger charge is 2.20. The van der Waals surface area contributed by atoms with Gasteiger partial charge in [-0.05, 0) is 42.5 Å². The third-order valence-electron chi connectivity index (χ3n) is 4.12. The summed E-state index contributed by atoms with van der Waals surface area (Å²) in [6, 6.07) is 18.5. The van der Waals surface area contributed by atoms with Crippen LogP contribution in [0.1, 0.15) is 33.7 Å². The van der Waals surface area contributed by atoms with E-state index in [-0.39, 0.29) is 30.3 Å². The number of ether oxygens (including phenoxy) is 1. The molecule has 2 amide bonds. The van der Waals surface area contributed by atoms with E-state index in [0.717, 1.165) is 0 Å². The van der Waals surface area contributed by atoms with E-state index >= 15 is 0 Å². The summed E-state index contributed by atoms with van der Waals surface area (Å²) in [7, 11) is 1.43. The van der Waals surface area contributed by atoms with Gasteiger partial charge in [0.25, 0.3) is 11.8 Å². The average Bonchev–Trinajstić information content (AvgIpc) is 2.75. The number of halogens is 1. The molecule has 30 heavy (non-hydrogen) atoms. The van der Waals surface area contributed by atoms with Crippen molar-refractivity contribution in [1.29, 1.82) is 0 Å². The van der Waals surface area contributed by atoms with Crippen molar-refractivity contribution in [3.63, 3.8) is 0 Å². The van der Waals surface area contributed by atoms with Gasteiger partial charge < -0.3 is 15.4 Å². The van der Waals surface area contributed by atoms with Crippen LogP contribution in [0.5, 0.6) is 5.75 Å². The Labute approximate surface area is 181 Å². The van der Waals surface area contributed by atoms with Gasteiger partial charge in [-0.1, -0.05) is 43.1 Å². The van der Waals surface area contributed by atoms with Gasteiger partial charge in [-0.25, -0.2) is 0 Å². The van der Waals surface area contributed by atoms with Gasteiger partial charge in [0, 0.05) is 27.9 Å². The topological polar surface area (TPSA) is 67.4 Å². The van der Waals surface area contributed by atoms with Crippen LogP contribution in [-0.4, -0.2) is 18.9 Å². The summed E-state index contributed by atoms with van der Waals surface area (Å²) in [4.78, 5) is 25.5. The second kappa shape index (κ2) is 10.1. The Morgan fingerprint density at radius 1 is 0.967 bits per heavy atom. The predicted octanol–water partition coefficient (Wildman–Crippen LogP) is 5.47. The summed E-state index contributed by atoms with van der Waals surface area (Å²) in [6.07, 6.45) is 5.35. The van der Waals surface area contributed by atoms with Crippen molar-refractivity contribution >= 4 is 34.8 Å². The number of carbonyl (C=O) groups excluding carboxylic acids is 2. The molecule has 152 valence electrons.